The van der Waals surface area contributed by atoms with Crippen LogP contribution in [0, 0.1) is 0 Å². The van der Waals surface area contributed by atoms with Crippen LogP contribution >= 0.6 is 0 Å². The third kappa shape index (κ3) is 4.72. The molecule has 0 radical (unpaired) electrons. The van der Waals surface area contributed by atoms with Gasteiger partial charge in [0.2, 0.25) is 0 Å². The van der Waals surface area contributed by atoms with Crippen LogP contribution in [0.1, 0.15) is 63.5 Å². The first-order valence-electron chi connectivity index (χ1n) is 11.7. The van der Waals surface area contributed by atoms with Crippen molar-refractivity contribution in [2.75, 3.05) is 16.8 Å². The SMILES string of the molecule is CC(C)c1ccc(NC(=O)N[C@@H]2CCN3C(=O)N(c4ccc(C(C)C)cc4)C(=O)[C@@H]3C2)cc1. The number of amides is 5. The fraction of sp³-hybridized carbons (Fsp3) is 0.423. The summed E-state index contributed by atoms with van der Waals surface area (Å²) < 4.78 is 0. The van der Waals surface area contributed by atoms with E-state index in [2.05, 4.69) is 38.3 Å². The summed E-state index contributed by atoms with van der Waals surface area (Å²) in [5.74, 6) is 0.576. The van der Waals surface area contributed by atoms with Gasteiger partial charge < -0.3 is 15.5 Å². The third-order valence-electron chi connectivity index (χ3n) is 6.53. The van der Waals surface area contributed by atoms with Gasteiger partial charge in [-0.2, -0.15) is 0 Å². The highest BCUT2D eigenvalue weighted by molar-refractivity contribution is 6.21. The second-order valence-electron chi connectivity index (χ2n) is 9.51. The Balaban J connectivity index is 1.38. The second-order valence-corrected chi connectivity index (χ2v) is 9.51. The van der Waals surface area contributed by atoms with Crippen molar-refractivity contribution in [3.05, 3.63) is 59.7 Å². The van der Waals surface area contributed by atoms with E-state index >= 15 is 0 Å². The Morgan fingerprint density at radius 2 is 1.48 bits per heavy atom. The van der Waals surface area contributed by atoms with Crippen LogP contribution in [0.25, 0.3) is 0 Å². The van der Waals surface area contributed by atoms with E-state index in [1.165, 1.54) is 10.5 Å². The molecule has 2 heterocycles. The molecule has 33 heavy (non-hydrogen) atoms. The number of carbonyl (C=O) groups is 3. The van der Waals surface area contributed by atoms with E-state index in [1.807, 2.05) is 48.5 Å². The molecule has 7 nitrogen and oxygen atoms in total. The molecular formula is C26H32N4O3. The summed E-state index contributed by atoms with van der Waals surface area (Å²) in [6.45, 7) is 8.89. The molecule has 7 heteroatoms. The predicted molar refractivity (Wildman–Crippen MR) is 130 cm³/mol. The van der Waals surface area contributed by atoms with E-state index in [-0.39, 0.29) is 24.0 Å². The van der Waals surface area contributed by atoms with E-state index < -0.39 is 6.04 Å². The van der Waals surface area contributed by atoms with Crippen molar-refractivity contribution in [2.24, 2.45) is 0 Å². The van der Waals surface area contributed by atoms with Crippen molar-refractivity contribution < 1.29 is 14.4 Å². The van der Waals surface area contributed by atoms with Gasteiger partial charge in [0.05, 0.1) is 5.69 Å². The van der Waals surface area contributed by atoms with Crippen LogP contribution in [0.2, 0.25) is 0 Å². The highest BCUT2D eigenvalue weighted by Crippen LogP contribution is 2.31. The first-order valence-corrected chi connectivity index (χ1v) is 11.7. The number of rotatable bonds is 5. The summed E-state index contributed by atoms with van der Waals surface area (Å²) in [5, 5.41) is 5.83. The van der Waals surface area contributed by atoms with Crippen molar-refractivity contribution in [3.63, 3.8) is 0 Å². The summed E-state index contributed by atoms with van der Waals surface area (Å²) in [5.41, 5.74) is 3.68. The van der Waals surface area contributed by atoms with E-state index in [4.69, 9.17) is 0 Å². The molecule has 0 aliphatic carbocycles. The second kappa shape index (κ2) is 9.25. The van der Waals surface area contributed by atoms with Gasteiger partial charge >= 0.3 is 12.1 Å². The van der Waals surface area contributed by atoms with Crippen LogP contribution in [0.15, 0.2) is 48.5 Å². The highest BCUT2D eigenvalue weighted by Gasteiger charge is 2.48. The van der Waals surface area contributed by atoms with Gasteiger partial charge in [0.25, 0.3) is 5.91 Å². The molecule has 0 aromatic heterocycles. The molecule has 0 spiro atoms. The van der Waals surface area contributed by atoms with Crippen molar-refractivity contribution >= 4 is 29.3 Å². The number of anilines is 2. The summed E-state index contributed by atoms with van der Waals surface area (Å²) >= 11 is 0. The summed E-state index contributed by atoms with van der Waals surface area (Å²) in [6, 6.07) is 14.0. The fourth-order valence-electron chi connectivity index (χ4n) is 4.48. The summed E-state index contributed by atoms with van der Waals surface area (Å²) in [6.07, 6.45) is 1.01. The molecule has 4 rings (SSSR count). The molecule has 2 aliphatic heterocycles. The average molecular weight is 449 g/mol. The van der Waals surface area contributed by atoms with Crippen molar-refractivity contribution in [1.82, 2.24) is 10.2 Å². The Hall–Kier alpha value is -3.35. The third-order valence-corrected chi connectivity index (χ3v) is 6.53. The van der Waals surface area contributed by atoms with E-state index in [0.717, 1.165) is 11.3 Å². The van der Waals surface area contributed by atoms with Crippen molar-refractivity contribution in [2.45, 2.75) is 64.5 Å². The summed E-state index contributed by atoms with van der Waals surface area (Å²) in [4.78, 5) is 41.5. The number of imide groups is 1. The zero-order valence-electron chi connectivity index (χ0n) is 19.7. The fourth-order valence-corrected chi connectivity index (χ4v) is 4.48. The molecule has 174 valence electrons. The minimum atomic E-state index is -0.549. The number of benzene rings is 2. The lowest BCUT2D eigenvalue weighted by Crippen LogP contribution is -2.50. The van der Waals surface area contributed by atoms with E-state index in [0.29, 0.717) is 36.9 Å². The monoisotopic (exact) mass is 448 g/mol. The number of hydrogen-bond acceptors (Lipinski definition) is 3. The molecule has 2 aliphatic rings. The zero-order valence-corrected chi connectivity index (χ0v) is 19.7. The smallest absolute Gasteiger partial charge is 0.332 e. The van der Waals surface area contributed by atoms with E-state index in [1.54, 1.807) is 4.90 Å². The first-order chi connectivity index (χ1) is 15.7. The zero-order chi connectivity index (χ0) is 23.7. The molecule has 5 amide bonds. The quantitative estimate of drug-likeness (QED) is 0.628. The Bertz CT molecular complexity index is 1030. The molecule has 0 bridgehead atoms. The summed E-state index contributed by atoms with van der Waals surface area (Å²) in [7, 11) is 0. The minimum absolute atomic E-state index is 0.179. The number of nitrogens with one attached hydrogen (secondary N) is 2. The van der Waals surface area contributed by atoms with Crippen LogP contribution in [-0.2, 0) is 4.79 Å². The molecule has 2 fully saturated rings. The van der Waals surface area contributed by atoms with Crippen LogP contribution < -0.4 is 15.5 Å². The van der Waals surface area contributed by atoms with Gasteiger partial charge in [-0.3, -0.25) is 4.79 Å². The number of urea groups is 2. The number of nitrogens with zero attached hydrogens (tertiary/aromatic N) is 2. The van der Waals surface area contributed by atoms with Gasteiger partial charge in [-0.25, -0.2) is 14.5 Å². The number of carbonyl (C=O) groups excluding carboxylic acids is 3. The van der Waals surface area contributed by atoms with Gasteiger partial charge in [0.15, 0.2) is 0 Å². The Morgan fingerprint density at radius 1 is 0.909 bits per heavy atom. The Labute approximate surface area is 195 Å². The lowest BCUT2D eigenvalue weighted by Gasteiger charge is -2.32. The normalized spacial score (nSPS) is 20.4. The van der Waals surface area contributed by atoms with Gasteiger partial charge in [-0.05, 0) is 60.1 Å². The van der Waals surface area contributed by atoms with Crippen molar-refractivity contribution in [3.8, 4) is 0 Å². The lowest BCUT2D eigenvalue weighted by molar-refractivity contribution is -0.120. The maximum atomic E-state index is 13.1. The minimum Gasteiger partial charge on any atom is -0.335 e. The van der Waals surface area contributed by atoms with Gasteiger partial charge in [0, 0.05) is 18.3 Å². The van der Waals surface area contributed by atoms with Crippen LogP contribution in [0.4, 0.5) is 21.0 Å². The van der Waals surface area contributed by atoms with Crippen LogP contribution in [0.5, 0.6) is 0 Å². The topological polar surface area (TPSA) is 81.8 Å². The lowest BCUT2D eigenvalue weighted by atomic mass is 9.98. The molecule has 2 saturated heterocycles. The molecule has 2 atom stereocenters. The van der Waals surface area contributed by atoms with Crippen molar-refractivity contribution in [1.29, 1.82) is 0 Å². The van der Waals surface area contributed by atoms with Gasteiger partial charge in [-0.1, -0.05) is 52.0 Å². The largest absolute Gasteiger partial charge is 0.335 e. The molecule has 2 aromatic rings. The standard InChI is InChI=1S/C26H32N4O3/c1-16(2)18-5-9-20(10-6-18)27-25(32)28-21-13-14-29-23(15-21)24(31)30(26(29)33)22-11-7-19(8-12-22)17(3)4/h5-12,16-17,21,23H,13-15H2,1-4H3,(H2,27,28,32)/t21-,23+/m1/s1. The highest BCUT2D eigenvalue weighted by atomic mass is 16.2. The number of piperidine rings is 1. The first kappa shape index (κ1) is 22.8. The molecule has 0 saturated carbocycles. The van der Waals surface area contributed by atoms with Crippen LogP contribution in [0.3, 0.4) is 0 Å². The molecule has 0 unspecified atom stereocenters. The molecule has 2 N–H and O–H groups in total. The van der Waals surface area contributed by atoms with E-state index in [9.17, 15) is 14.4 Å². The maximum absolute atomic E-state index is 13.1. The molecule has 2 aromatic carbocycles. The number of fused-ring (bicyclic) bond motifs is 1. The maximum Gasteiger partial charge on any atom is 0.332 e. The average Bonchev–Trinajstić information content (AvgIpc) is 3.03. The Morgan fingerprint density at radius 3 is 2.06 bits per heavy atom. The van der Waals surface area contributed by atoms with Gasteiger partial charge in [-0.15, -0.1) is 0 Å². The predicted octanol–water partition coefficient (Wildman–Crippen LogP) is 5.05. The Kier molecular flexibility index (Phi) is 6.40. The molecular weight excluding hydrogens is 416 g/mol. The van der Waals surface area contributed by atoms with Gasteiger partial charge in [0.1, 0.15) is 6.04 Å². The number of hydrogen-bond donors (Lipinski definition) is 2. The van der Waals surface area contributed by atoms with Crippen LogP contribution in [-0.4, -0.2) is 41.5 Å².